The molecule has 1 amide bonds. The number of nitrogens with one attached hydrogen (secondary N) is 1. The first kappa shape index (κ1) is 20.3. The Balaban J connectivity index is 1.96. The van der Waals surface area contributed by atoms with Crippen LogP contribution in [-0.2, 0) is 4.79 Å². The molecular formula is C18H25N3OS3. The van der Waals surface area contributed by atoms with Crippen molar-refractivity contribution in [2.24, 2.45) is 5.92 Å². The number of nitrogens with zero attached hydrogens (tertiary/aromatic N) is 2. The van der Waals surface area contributed by atoms with Crippen LogP contribution in [0.5, 0.6) is 0 Å². The molecule has 0 aliphatic heterocycles. The van der Waals surface area contributed by atoms with Gasteiger partial charge >= 0.3 is 0 Å². The van der Waals surface area contributed by atoms with Gasteiger partial charge in [0.1, 0.15) is 0 Å². The summed E-state index contributed by atoms with van der Waals surface area (Å²) in [7, 11) is 0. The second-order valence-electron chi connectivity index (χ2n) is 6.44. The predicted octanol–water partition coefficient (Wildman–Crippen LogP) is 4.99. The lowest BCUT2D eigenvalue weighted by Gasteiger charge is -2.23. The van der Waals surface area contributed by atoms with Crippen LogP contribution in [0, 0.1) is 5.92 Å². The Kier molecular flexibility index (Phi) is 7.78. The van der Waals surface area contributed by atoms with E-state index in [-0.39, 0.29) is 11.9 Å². The first-order chi connectivity index (χ1) is 11.9. The summed E-state index contributed by atoms with van der Waals surface area (Å²) >= 11 is 4.53. The van der Waals surface area contributed by atoms with E-state index in [4.69, 9.17) is 0 Å². The molecule has 0 aliphatic carbocycles. The van der Waals surface area contributed by atoms with Crippen LogP contribution < -0.4 is 5.32 Å². The zero-order chi connectivity index (χ0) is 18.4. The van der Waals surface area contributed by atoms with Gasteiger partial charge < -0.3 is 5.32 Å². The molecule has 0 saturated heterocycles. The second-order valence-corrected chi connectivity index (χ2v) is 9.69. The number of amides is 1. The Labute approximate surface area is 162 Å². The minimum Gasteiger partial charge on any atom is -0.348 e. The maximum absolute atomic E-state index is 12.4. The minimum atomic E-state index is 0.0190. The van der Waals surface area contributed by atoms with Crippen molar-refractivity contribution in [3.63, 3.8) is 0 Å². The maximum atomic E-state index is 12.4. The van der Waals surface area contributed by atoms with Gasteiger partial charge in [-0.2, -0.15) is 0 Å². The lowest BCUT2D eigenvalue weighted by atomic mass is 9.93. The van der Waals surface area contributed by atoms with Gasteiger partial charge in [0.2, 0.25) is 5.91 Å². The molecule has 1 aromatic carbocycles. The lowest BCUT2D eigenvalue weighted by molar-refractivity contribution is -0.119. The van der Waals surface area contributed by atoms with Crippen LogP contribution in [0.2, 0.25) is 0 Å². The summed E-state index contributed by atoms with van der Waals surface area (Å²) in [6, 6.07) is 8.58. The molecule has 2 rings (SSSR count). The number of carbonyl (C=O) groups excluding carboxylic acids is 1. The lowest BCUT2D eigenvalue weighted by Crippen LogP contribution is -2.33. The highest BCUT2D eigenvalue weighted by Crippen LogP contribution is 2.28. The molecule has 0 radical (unpaired) electrons. The Morgan fingerprint density at radius 2 is 1.68 bits per heavy atom. The average Bonchev–Trinajstić information content (AvgIpc) is 3.06. The van der Waals surface area contributed by atoms with E-state index in [0.29, 0.717) is 17.6 Å². The number of hydrogen-bond acceptors (Lipinski definition) is 6. The van der Waals surface area contributed by atoms with Crippen molar-refractivity contribution in [2.45, 2.75) is 48.3 Å². The molecule has 0 aliphatic rings. The Hall–Kier alpha value is -1.05. The zero-order valence-corrected chi connectivity index (χ0v) is 17.7. The molecule has 0 spiro atoms. The van der Waals surface area contributed by atoms with Crippen LogP contribution in [0.25, 0.3) is 0 Å². The molecule has 2 aromatic rings. The number of rotatable bonds is 8. The van der Waals surface area contributed by atoms with Gasteiger partial charge in [-0.25, -0.2) is 0 Å². The molecule has 0 saturated carbocycles. The molecule has 1 N–H and O–H groups in total. The van der Waals surface area contributed by atoms with Crippen LogP contribution in [0.1, 0.15) is 50.8 Å². The molecule has 0 fully saturated rings. The largest absolute Gasteiger partial charge is 0.348 e. The summed E-state index contributed by atoms with van der Waals surface area (Å²) in [6.45, 7) is 8.63. The third-order valence-corrected chi connectivity index (χ3v) is 6.87. The first-order valence-electron chi connectivity index (χ1n) is 8.30. The molecule has 1 aromatic heterocycles. The van der Waals surface area contributed by atoms with Gasteiger partial charge in [0.05, 0.1) is 11.8 Å². The van der Waals surface area contributed by atoms with Gasteiger partial charge in [0.15, 0.2) is 8.68 Å². The van der Waals surface area contributed by atoms with E-state index in [9.17, 15) is 4.79 Å². The minimum absolute atomic E-state index is 0.0190. The van der Waals surface area contributed by atoms with Crippen LogP contribution in [-0.4, -0.2) is 28.1 Å². The average molecular weight is 396 g/mol. The highest BCUT2D eigenvalue weighted by atomic mass is 32.2. The van der Waals surface area contributed by atoms with Gasteiger partial charge in [-0.05, 0) is 29.2 Å². The third kappa shape index (κ3) is 6.01. The Morgan fingerprint density at radius 3 is 2.20 bits per heavy atom. The van der Waals surface area contributed by atoms with Gasteiger partial charge in [-0.1, -0.05) is 86.8 Å². The molecule has 25 heavy (non-hydrogen) atoms. The monoisotopic (exact) mass is 395 g/mol. The summed E-state index contributed by atoms with van der Waals surface area (Å²) in [5.41, 5.74) is 2.47. The van der Waals surface area contributed by atoms with Crippen LogP contribution in [0.15, 0.2) is 32.9 Å². The molecular weight excluding hydrogens is 370 g/mol. The predicted molar refractivity (Wildman–Crippen MR) is 109 cm³/mol. The number of benzene rings is 1. The third-order valence-electron chi connectivity index (χ3n) is 3.83. The highest BCUT2D eigenvalue weighted by molar-refractivity contribution is 8.03. The smallest absolute Gasteiger partial charge is 0.230 e. The van der Waals surface area contributed by atoms with E-state index in [1.807, 2.05) is 6.26 Å². The van der Waals surface area contributed by atoms with Crippen LogP contribution >= 0.6 is 34.9 Å². The van der Waals surface area contributed by atoms with Crippen molar-refractivity contribution >= 4 is 40.8 Å². The van der Waals surface area contributed by atoms with E-state index in [1.54, 1.807) is 11.8 Å². The van der Waals surface area contributed by atoms with Crippen molar-refractivity contribution in [1.82, 2.24) is 15.5 Å². The molecule has 0 bridgehead atoms. The zero-order valence-electron chi connectivity index (χ0n) is 15.3. The summed E-state index contributed by atoms with van der Waals surface area (Å²) in [4.78, 5) is 12.4. The van der Waals surface area contributed by atoms with Crippen LogP contribution in [0.4, 0.5) is 0 Å². The topological polar surface area (TPSA) is 54.9 Å². The van der Waals surface area contributed by atoms with Crippen molar-refractivity contribution in [1.29, 1.82) is 0 Å². The second kappa shape index (κ2) is 9.59. The highest BCUT2D eigenvalue weighted by Gasteiger charge is 2.19. The van der Waals surface area contributed by atoms with E-state index in [1.165, 1.54) is 28.7 Å². The SMILES string of the molecule is CSc1nnc(SCC(=O)NC(c2ccc(C(C)C)cc2)C(C)C)s1. The number of thioether (sulfide) groups is 2. The van der Waals surface area contributed by atoms with Crippen LogP contribution in [0.3, 0.4) is 0 Å². The summed E-state index contributed by atoms with van der Waals surface area (Å²) in [6.07, 6.45) is 1.97. The number of hydrogen-bond donors (Lipinski definition) is 1. The fourth-order valence-electron chi connectivity index (χ4n) is 2.40. The first-order valence-corrected chi connectivity index (χ1v) is 11.3. The van der Waals surface area contributed by atoms with Gasteiger partial charge in [0.25, 0.3) is 0 Å². The maximum Gasteiger partial charge on any atom is 0.230 e. The quantitative estimate of drug-likeness (QED) is 0.638. The fourth-order valence-corrected chi connectivity index (χ4v) is 4.65. The molecule has 136 valence electrons. The van der Waals surface area contributed by atoms with Crippen molar-refractivity contribution in [2.75, 3.05) is 12.0 Å². The summed E-state index contributed by atoms with van der Waals surface area (Å²) in [5, 5.41) is 11.3. The summed E-state index contributed by atoms with van der Waals surface area (Å²) < 4.78 is 1.76. The van der Waals surface area contributed by atoms with Gasteiger partial charge in [-0.15, -0.1) is 10.2 Å². The number of aromatic nitrogens is 2. The number of carbonyl (C=O) groups is 1. The van der Waals surface area contributed by atoms with E-state index >= 15 is 0 Å². The Morgan fingerprint density at radius 1 is 1.08 bits per heavy atom. The van der Waals surface area contributed by atoms with E-state index in [0.717, 1.165) is 14.2 Å². The summed E-state index contributed by atoms with van der Waals surface area (Å²) in [5.74, 6) is 1.22. The molecule has 1 unspecified atom stereocenters. The molecule has 1 atom stereocenters. The van der Waals surface area contributed by atoms with E-state index < -0.39 is 0 Å². The van der Waals surface area contributed by atoms with Crippen molar-refractivity contribution < 1.29 is 4.79 Å². The molecule has 1 heterocycles. The standard InChI is InChI=1S/C18H25N3OS3/c1-11(2)13-6-8-14(9-7-13)16(12(3)4)19-15(22)10-24-18-21-20-17(23-5)25-18/h6-9,11-12,16H,10H2,1-5H3,(H,19,22). The molecule has 4 nitrogen and oxygen atoms in total. The van der Waals surface area contributed by atoms with Crippen molar-refractivity contribution in [3.8, 4) is 0 Å². The van der Waals surface area contributed by atoms with Gasteiger partial charge in [0, 0.05) is 0 Å². The fraction of sp³-hybridized carbons (Fsp3) is 0.500. The van der Waals surface area contributed by atoms with Crippen molar-refractivity contribution in [3.05, 3.63) is 35.4 Å². The Bertz CT molecular complexity index is 683. The van der Waals surface area contributed by atoms with E-state index in [2.05, 4.69) is 67.5 Å². The molecule has 7 heteroatoms. The normalized spacial score (nSPS) is 12.6. The van der Waals surface area contributed by atoms with Gasteiger partial charge in [-0.3, -0.25) is 4.79 Å².